The van der Waals surface area contributed by atoms with Gasteiger partial charge in [0.2, 0.25) is 0 Å². The summed E-state index contributed by atoms with van der Waals surface area (Å²) in [6.45, 7) is 7.74. The number of H-pyrrole nitrogens is 1. The zero-order valence-electron chi connectivity index (χ0n) is 22.0. The molecule has 4 rings (SSSR count). The quantitative estimate of drug-likeness (QED) is 0.242. The van der Waals surface area contributed by atoms with Gasteiger partial charge in [0, 0.05) is 29.3 Å². The molecule has 3 N–H and O–H groups in total. The first kappa shape index (κ1) is 26.0. The van der Waals surface area contributed by atoms with Gasteiger partial charge < -0.3 is 19.5 Å². The third-order valence-electron chi connectivity index (χ3n) is 5.69. The Balaban J connectivity index is 1.32. The second-order valence-corrected chi connectivity index (χ2v) is 10.2. The second-order valence-electron chi connectivity index (χ2n) is 10.2. The van der Waals surface area contributed by atoms with Crippen molar-refractivity contribution in [1.82, 2.24) is 20.3 Å². The molecule has 0 saturated carbocycles. The number of nitrogens with one attached hydrogen (secondary N) is 3. The van der Waals surface area contributed by atoms with Crippen LogP contribution in [0.2, 0.25) is 0 Å². The molecule has 0 aliphatic heterocycles. The van der Waals surface area contributed by atoms with E-state index in [1.165, 1.54) is 0 Å². The minimum Gasteiger partial charge on any atom is -0.494 e. The lowest BCUT2D eigenvalue weighted by Gasteiger charge is -2.12. The number of carbonyl (C=O) groups excluding carboxylic acids is 1. The molecule has 0 radical (unpaired) electrons. The first-order valence-electron chi connectivity index (χ1n) is 12.3. The summed E-state index contributed by atoms with van der Waals surface area (Å²) in [5.74, 6) is 1.92. The van der Waals surface area contributed by atoms with Crippen molar-refractivity contribution in [3.05, 3.63) is 66.4 Å². The van der Waals surface area contributed by atoms with Crippen LogP contribution in [-0.2, 0) is 5.41 Å². The number of ether oxygens (including phenoxy) is 1. The van der Waals surface area contributed by atoms with E-state index in [2.05, 4.69) is 45.0 Å². The third-order valence-corrected chi connectivity index (χ3v) is 5.69. The molecule has 2 amide bonds. The fourth-order valence-electron chi connectivity index (χ4n) is 3.61. The van der Waals surface area contributed by atoms with Crippen LogP contribution in [0.25, 0.3) is 22.5 Å². The first-order chi connectivity index (χ1) is 17.7. The van der Waals surface area contributed by atoms with Crippen LogP contribution >= 0.6 is 0 Å². The van der Waals surface area contributed by atoms with E-state index >= 15 is 0 Å². The van der Waals surface area contributed by atoms with Gasteiger partial charge in [0.05, 0.1) is 18.0 Å². The molecule has 0 aliphatic rings. The maximum absolute atomic E-state index is 12.3. The average Bonchev–Trinajstić information content (AvgIpc) is 3.53. The summed E-state index contributed by atoms with van der Waals surface area (Å²) in [6.07, 6.45) is 0.982. The highest BCUT2D eigenvalue weighted by Gasteiger charge is 2.20. The minimum atomic E-state index is -0.393. The lowest BCUT2D eigenvalue weighted by molar-refractivity contribution is 0.262. The molecule has 0 fully saturated rings. The van der Waals surface area contributed by atoms with Crippen LogP contribution in [0.1, 0.15) is 33.0 Å². The number of benzene rings is 2. The summed E-state index contributed by atoms with van der Waals surface area (Å²) >= 11 is 0. The molecule has 9 heteroatoms. The van der Waals surface area contributed by atoms with Crippen LogP contribution in [0.4, 0.5) is 16.3 Å². The first-order valence-corrected chi connectivity index (χ1v) is 12.3. The van der Waals surface area contributed by atoms with Gasteiger partial charge in [-0.3, -0.25) is 10.4 Å². The Morgan fingerprint density at radius 2 is 1.70 bits per heavy atom. The molecule has 0 bridgehead atoms. The van der Waals surface area contributed by atoms with Gasteiger partial charge >= 0.3 is 6.03 Å². The van der Waals surface area contributed by atoms with Gasteiger partial charge in [-0.1, -0.05) is 38.1 Å². The number of carbonyl (C=O) groups is 1. The Hall–Kier alpha value is -4.11. The fraction of sp³-hybridized carbons (Fsp3) is 0.321. The second kappa shape index (κ2) is 11.3. The van der Waals surface area contributed by atoms with Gasteiger partial charge in [-0.25, -0.2) is 4.79 Å². The van der Waals surface area contributed by atoms with Gasteiger partial charge in [-0.05, 0) is 68.5 Å². The largest absolute Gasteiger partial charge is 0.494 e. The normalized spacial score (nSPS) is 11.5. The zero-order chi connectivity index (χ0) is 26.4. The molecule has 2 aromatic heterocycles. The van der Waals surface area contributed by atoms with Gasteiger partial charge in [-0.2, -0.15) is 5.10 Å². The number of urea groups is 1. The van der Waals surface area contributed by atoms with Gasteiger partial charge in [0.1, 0.15) is 11.5 Å². The summed E-state index contributed by atoms with van der Waals surface area (Å²) in [7, 11) is 4.11. The Morgan fingerprint density at radius 1 is 1.00 bits per heavy atom. The Bertz CT molecular complexity index is 1300. The molecule has 0 atom stereocenters. The van der Waals surface area contributed by atoms with E-state index in [1.807, 2.05) is 75.4 Å². The van der Waals surface area contributed by atoms with Crippen molar-refractivity contribution in [2.24, 2.45) is 0 Å². The van der Waals surface area contributed by atoms with E-state index in [4.69, 9.17) is 9.26 Å². The van der Waals surface area contributed by atoms with Crippen LogP contribution in [0, 0.1) is 0 Å². The Kier molecular flexibility index (Phi) is 7.93. The van der Waals surface area contributed by atoms with Crippen LogP contribution in [0.15, 0.2) is 65.2 Å². The van der Waals surface area contributed by atoms with E-state index in [-0.39, 0.29) is 5.41 Å². The van der Waals surface area contributed by atoms with Crippen LogP contribution in [0.3, 0.4) is 0 Å². The maximum Gasteiger partial charge on any atom is 0.324 e. The average molecular weight is 503 g/mol. The summed E-state index contributed by atoms with van der Waals surface area (Å²) in [5.41, 5.74) is 4.15. The standard InChI is InChI=1S/C28H34N6O3/c1-28(2,3)25-18-26(33-37-25)30-27(35)29-21-11-7-19(8-12-21)23-17-24(32-31-23)20-9-13-22(14-10-20)36-16-6-15-34(4)5/h7-14,17-18H,6,15-16H2,1-5H3,(H,31,32)(H2,29,30,33,35). The number of amides is 2. The predicted octanol–water partition coefficient (Wildman–Crippen LogP) is 6.00. The monoisotopic (exact) mass is 502 g/mol. The molecule has 0 saturated heterocycles. The lowest BCUT2D eigenvalue weighted by atomic mass is 9.93. The Morgan fingerprint density at radius 3 is 2.35 bits per heavy atom. The van der Waals surface area contributed by atoms with Crippen molar-refractivity contribution < 1.29 is 14.1 Å². The highest BCUT2D eigenvalue weighted by molar-refractivity contribution is 5.99. The third kappa shape index (κ3) is 7.20. The van der Waals surface area contributed by atoms with E-state index in [0.717, 1.165) is 41.2 Å². The summed E-state index contributed by atoms with van der Waals surface area (Å²) in [5, 5.41) is 17.0. The molecule has 0 spiro atoms. The number of aromatic amines is 1. The van der Waals surface area contributed by atoms with Crippen LogP contribution in [-0.4, -0.2) is 53.5 Å². The fourth-order valence-corrected chi connectivity index (χ4v) is 3.61. The maximum atomic E-state index is 12.3. The van der Waals surface area contributed by atoms with E-state index in [9.17, 15) is 4.79 Å². The summed E-state index contributed by atoms with van der Waals surface area (Å²) in [4.78, 5) is 14.5. The number of hydrogen-bond acceptors (Lipinski definition) is 6. The molecule has 2 aromatic carbocycles. The number of nitrogens with zero attached hydrogens (tertiary/aromatic N) is 3. The molecule has 2 heterocycles. The van der Waals surface area contributed by atoms with Crippen molar-refractivity contribution in [2.75, 3.05) is 37.9 Å². The van der Waals surface area contributed by atoms with Crippen molar-refractivity contribution in [2.45, 2.75) is 32.6 Å². The summed E-state index contributed by atoms with van der Waals surface area (Å²) < 4.78 is 11.1. The minimum absolute atomic E-state index is 0.185. The number of anilines is 2. The molecule has 194 valence electrons. The SMILES string of the molecule is CN(C)CCCOc1ccc(-c2cc(-c3ccc(NC(=O)Nc4cc(C(C)(C)C)on4)cc3)[nH]n2)cc1. The molecular weight excluding hydrogens is 468 g/mol. The highest BCUT2D eigenvalue weighted by atomic mass is 16.5. The molecule has 37 heavy (non-hydrogen) atoms. The summed E-state index contributed by atoms with van der Waals surface area (Å²) in [6, 6.07) is 18.8. The zero-order valence-corrected chi connectivity index (χ0v) is 22.0. The lowest BCUT2D eigenvalue weighted by Crippen LogP contribution is -2.19. The van der Waals surface area contributed by atoms with Crippen molar-refractivity contribution in [3.63, 3.8) is 0 Å². The molecule has 0 unspecified atom stereocenters. The number of hydrogen-bond donors (Lipinski definition) is 3. The topological polar surface area (TPSA) is 108 Å². The van der Waals surface area contributed by atoms with Crippen LogP contribution < -0.4 is 15.4 Å². The molecule has 4 aromatic rings. The smallest absolute Gasteiger partial charge is 0.324 e. The van der Waals surface area contributed by atoms with Gasteiger partial charge in [-0.15, -0.1) is 0 Å². The van der Waals surface area contributed by atoms with Crippen molar-refractivity contribution in [1.29, 1.82) is 0 Å². The Labute approximate surface area is 217 Å². The molecule has 9 nitrogen and oxygen atoms in total. The van der Waals surface area contributed by atoms with Crippen molar-refractivity contribution >= 4 is 17.5 Å². The number of aromatic nitrogens is 3. The van der Waals surface area contributed by atoms with Crippen LogP contribution in [0.5, 0.6) is 5.75 Å². The van der Waals surface area contributed by atoms with Gasteiger partial charge in [0.25, 0.3) is 0 Å². The number of rotatable bonds is 9. The molecular formula is C28H34N6O3. The molecule has 0 aliphatic carbocycles. The predicted molar refractivity (Wildman–Crippen MR) is 146 cm³/mol. The van der Waals surface area contributed by atoms with E-state index in [0.29, 0.717) is 23.9 Å². The van der Waals surface area contributed by atoms with E-state index < -0.39 is 6.03 Å². The van der Waals surface area contributed by atoms with E-state index in [1.54, 1.807) is 6.07 Å². The van der Waals surface area contributed by atoms with Crippen molar-refractivity contribution in [3.8, 4) is 28.3 Å². The van der Waals surface area contributed by atoms with Gasteiger partial charge in [0.15, 0.2) is 5.82 Å². The highest BCUT2D eigenvalue weighted by Crippen LogP contribution is 2.27.